The number of benzene rings is 3. The third-order valence-electron chi connectivity index (χ3n) is 6.29. The van der Waals surface area contributed by atoms with Crippen LogP contribution in [0.1, 0.15) is 29.7 Å². The highest BCUT2D eigenvalue weighted by molar-refractivity contribution is 7.98. The van der Waals surface area contributed by atoms with Gasteiger partial charge in [-0.3, -0.25) is 19.5 Å². The lowest BCUT2D eigenvalue weighted by atomic mass is 9.96. The Balaban J connectivity index is 1.59. The number of rotatable bonds is 7. The second-order valence-corrected chi connectivity index (χ2v) is 10.7. The van der Waals surface area contributed by atoms with Crippen LogP contribution in [0.25, 0.3) is 6.08 Å². The molecule has 0 saturated heterocycles. The van der Waals surface area contributed by atoms with Gasteiger partial charge in [-0.1, -0.05) is 53.8 Å². The summed E-state index contributed by atoms with van der Waals surface area (Å²) in [6, 6.07) is 22.4. The van der Waals surface area contributed by atoms with E-state index in [1.54, 1.807) is 36.9 Å². The highest BCUT2D eigenvalue weighted by Crippen LogP contribution is 2.32. The number of nitro groups is 1. The summed E-state index contributed by atoms with van der Waals surface area (Å²) in [5.74, 6) is -0.538. The Bertz CT molecular complexity index is 1760. The molecule has 5 rings (SSSR count). The van der Waals surface area contributed by atoms with E-state index in [1.165, 1.54) is 28.0 Å². The summed E-state index contributed by atoms with van der Waals surface area (Å²) in [4.78, 5) is 43.9. The van der Waals surface area contributed by atoms with Crippen LogP contribution in [0.4, 0.5) is 5.69 Å². The highest BCUT2D eigenvalue weighted by Gasteiger charge is 2.33. The quantitative estimate of drug-likeness (QED) is 0.142. The molecule has 0 radical (unpaired) electrons. The smallest absolute Gasteiger partial charge is 0.338 e. The normalized spacial score (nSPS) is 15.0. The number of nitro benzene ring substituents is 1. The number of allylic oxidation sites excluding steroid dienone is 1. The summed E-state index contributed by atoms with van der Waals surface area (Å²) < 4.78 is 7.62. The molecule has 2 heterocycles. The van der Waals surface area contributed by atoms with E-state index in [-0.39, 0.29) is 17.9 Å². The highest BCUT2D eigenvalue weighted by atomic mass is 32.2. The van der Waals surface area contributed by atoms with E-state index in [0.29, 0.717) is 26.2 Å². The number of nitrogens with zero attached hydrogens (tertiary/aromatic N) is 3. The van der Waals surface area contributed by atoms with Crippen molar-refractivity contribution in [3.05, 3.63) is 137 Å². The SMILES string of the molecule is CSc1ccc(C2C(C(=O)OCc3ccccc3)=C(C)N=c3sc(=Cc4ccc([N+](=O)[O-])cc4)c(=O)n32)cc1. The molecule has 0 spiro atoms. The Morgan fingerprint density at radius 2 is 1.79 bits per heavy atom. The van der Waals surface area contributed by atoms with Crippen molar-refractivity contribution in [2.75, 3.05) is 6.26 Å². The van der Waals surface area contributed by atoms with Crippen molar-refractivity contribution in [2.24, 2.45) is 4.99 Å². The fourth-order valence-corrected chi connectivity index (χ4v) is 5.78. The van der Waals surface area contributed by atoms with Gasteiger partial charge in [-0.25, -0.2) is 9.79 Å². The molecule has 0 N–H and O–H groups in total. The van der Waals surface area contributed by atoms with Gasteiger partial charge in [-0.2, -0.15) is 0 Å². The van der Waals surface area contributed by atoms with Crippen molar-refractivity contribution in [2.45, 2.75) is 24.5 Å². The van der Waals surface area contributed by atoms with Crippen LogP contribution in [0, 0.1) is 10.1 Å². The summed E-state index contributed by atoms with van der Waals surface area (Å²) in [5.41, 5.74) is 2.70. The third kappa shape index (κ3) is 5.47. The number of thioether (sulfide) groups is 1. The van der Waals surface area contributed by atoms with E-state index in [9.17, 15) is 19.7 Å². The van der Waals surface area contributed by atoms with Crippen LogP contribution in [0.3, 0.4) is 0 Å². The molecule has 1 aliphatic rings. The van der Waals surface area contributed by atoms with Crippen molar-refractivity contribution in [3.63, 3.8) is 0 Å². The second-order valence-electron chi connectivity index (χ2n) is 8.77. The standard InChI is InChI=1S/C29H23N3O5S2/c1-18-25(28(34)37-17-20-6-4-3-5-7-20)26(21-10-14-23(38-2)15-11-21)31-27(33)24(39-29(31)30-18)16-19-8-12-22(13-9-19)32(35)36/h3-16,26H,17H2,1-2H3. The number of thiazole rings is 1. The number of esters is 1. The molecule has 0 saturated carbocycles. The zero-order valence-electron chi connectivity index (χ0n) is 21.1. The molecule has 196 valence electrons. The number of hydrogen-bond donors (Lipinski definition) is 0. The minimum atomic E-state index is -0.723. The van der Waals surface area contributed by atoms with E-state index < -0.39 is 16.9 Å². The van der Waals surface area contributed by atoms with Crippen molar-refractivity contribution in [1.82, 2.24) is 4.57 Å². The maximum absolute atomic E-state index is 13.7. The minimum absolute atomic E-state index is 0.0309. The fraction of sp³-hybridized carbons (Fsp3) is 0.138. The molecule has 3 aromatic carbocycles. The zero-order chi connectivity index (χ0) is 27.5. The van der Waals surface area contributed by atoms with E-state index >= 15 is 0 Å². The second kappa shape index (κ2) is 11.2. The first-order valence-corrected chi connectivity index (χ1v) is 14.0. The molecule has 0 bridgehead atoms. The molecule has 0 aliphatic carbocycles. The van der Waals surface area contributed by atoms with Crippen LogP contribution in [-0.4, -0.2) is 21.7 Å². The molecular formula is C29H23N3O5S2. The summed E-state index contributed by atoms with van der Waals surface area (Å²) in [7, 11) is 0. The van der Waals surface area contributed by atoms with Gasteiger partial charge in [0.2, 0.25) is 0 Å². The lowest BCUT2D eigenvalue weighted by molar-refractivity contribution is -0.384. The first kappa shape index (κ1) is 26.3. The molecule has 39 heavy (non-hydrogen) atoms. The predicted octanol–water partition coefficient (Wildman–Crippen LogP) is 4.61. The Morgan fingerprint density at radius 3 is 2.44 bits per heavy atom. The molecule has 1 aliphatic heterocycles. The number of non-ortho nitro benzene ring substituents is 1. The summed E-state index contributed by atoms with van der Waals surface area (Å²) in [6.07, 6.45) is 3.65. The molecule has 0 fully saturated rings. The van der Waals surface area contributed by atoms with Crippen molar-refractivity contribution in [3.8, 4) is 0 Å². The lowest BCUT2D eigenvalue weighted by Gasteiger charge is -2.25. The van der Waals surface area contributed by atoms with Crippen LogP contribution < -0.4 is 14.9 Å². The Kier molecular flexibility index (Phi) is 7.58. The molecule has 4 aromatic rings. The molecule has 8 nitrogen and oxygen atoms in total. The average molecular weight is 558 g/mol. The maximum Gasteiger partial charge on any atom is 0.338 e. The molecular weight excluding hydrogens is 534 g/mol. The maximum atomic E-state index is 13.7. The predicted molar refractivity (Wildman–Crippen MR) is 151 cm³/mol. The van der Waals surface area contributed by atoms with Gasteiger partial charge in [0.1, 0.15) is 6.61 Å². The first-order chi connectivity index (χ1) is 18.9. The van der Waals surface area contributed by atoms with Crippen molar-refractivity contribution in [1.29, 1.82) is 0 Å². The monoisotopic (exact) mass is 557 g/mol. The largest absolute Gasteiger partial charge is 0.457 e. The van der Waals surface area contributed by atoms with Gasteiger partial charge in [0.15, 0.2) is 4.80 Å². The van der Waals surface area contributed by atoms with Crippen LogP contribution >= 0.6 is 23.1 Å². The van der Waals surface area contributed by atoms with Crippen LogP contribution in [0.5, 0.6) is 0 Å². The summed E-state index contributed by atoms with van der Waals surface area (Å²) >= 11 is 2.80. The molecule has 1 unspecified atom stereocenters. The lowest BCUT2D eigenvalue weighted by Crippen LogP contribution is -2.39. The third-order valence-corrected chi connectivity index (χ3v) is 8.01. The number of carbonyl (C=O) groups excluding carboxylic acids is 1. The minimum Gasteiger partial charge on any atom is -0.457 e. The van der Waals surface area contributed by atoms with Crippen LogP contribution in [0.2, 0.25) is 0 Å². The van der Waals surface area contributed by atoms with E-state index in [0.717, 1.165) is 16.0 Å². The van der Waals surface area contributed by atoms with E-state index in [2.05, 4.69) is 4.99 Å². The van der Waals surface area contributed by atoms with Gasteiger partial charge < -0.3 is 4.74 Å². The van der Waals surface area contributed by atoms with Gasteiger partial charge in [-0.05, 0) is 60.2 Å². The topological polar surface area (TPSA) is 104 Å². The molecule has 1 aromatic heterocycles. The van der Waals surface area contributed by atoms with Crippen LogP contribution in [0.15, 0.2) is 105 Å². The summed E-state index contributed by atoms with van der Waals surface area (Å²) in [5, 5.41) is 11.0. The Hall–Kier alpha value is -4.28. The fourth-order valence-electron chi connectivity index (χ4n) is 4.33. The Morgan fingerprint density at radius 1 is 1.10 bits per heavy atom. The summed E-state index contributed by atoms with van der Waals surface area (Å²) in [6.45, 7) is 1.84. The number of fused-ring (bicyclic) bond motifs is 1. The molecule has 10 heteroatoms. The average Bonchev–Trinajstić information content (AvgIpc) is 3.25. The number of aromatic nitrogens is 1. The number of carbonyl (C=O) groups is 1. The van der Waals surface area contributed by atoms with Gasteiger partial charge >= 0.3 is 5.97 Å². The molecule has 0 amide bonds. The first-order valence-electron chi connectivity index (χ1n) is 12.0. The van der Waals surface area contributed by atoms with Crippen molar-refractivity contribution < 1.29 is 14.5 Å². The van der Waals surface area contributed by atoms with Crippen LogP contribution in [-0.2, 0) is 16.1 Å². The van der Waals surface area contributed by atoms with Gasteiger partial charge in [0, 0.05) is 17.0 Å². The van der Waals surface area contributed by atoms with E-state index in [1.807, 2.05) is 60.9 Å². The van der Waals surface area contributed by atoms with Gasteiger partial charge in [0.25, 0.3) is 11.2 Å². The number of ether oxygens (including phenoxy) is 1. The number of hydrogen-bond acceptors (Lipinski definition) is 8. The van der Waals surface area contributed by atoms with Gasteiger partial charge in [0.05, 0.1) is 26.8 Å². The van der Waals surface area contributed by atoms with Gasteiger partial charge in [-0.15, -0.1) is 11.8 Å². The van der Waals surface area contributed by atoms with E-state index in [4.69, 9.17) is 4.74 Å². The zero-order valence-corrected chi connectivity index (χ0v) is 22.7. The Labute approximate surface area is 231 Å². The van der Waals surface area contributed by atoms with Crippen molar-refractivity contribution >= 4 is 40.8 Å². The molecule has 1 atom stereocenters.